The Morgan fingerprint density at radius 3 is 2.45 bits per heavy atom. The van der Waals surface area contributed by atoms with Crippen LogP contribution in [0.25, 0.3) is 0 Å². The fourth-order valence-electron chi connectivity index (χ4n) is 8.45. The summed E-state index contributed by atoms with van der Waals surface area (Å²) in [4.78, 5) is 64.1. The highest BCUT2D eigenvalue weighted by Gasteiger charge is 2.76. The molecular formula is C39H56N4O8. The first-order valence-corrected chi connectivity index (χ1v) is 18.4. The van der Waals surface area contributed by atoms with Gasteiger partial charge in [-0.1, -0.05) is 56.3 Å². The van der Waals surface area contributed by atoms with Crippen LogP contribution in [0.3, 0.4) is 0 Å². The SMILES string of the molecule is C=CCCC(=O)N(C)[C@H](C)[C@H](OC(=O)[C@@H]1[C@H]2C(=O)N([C@@H](CO)C(C)C)[C@H](C(=O)N(CC=C)CCN3CCOCC3)[C@]23CC[C@H]1O3)c1ccccc1. The standard InChI is InChI=1S/C39H56N4O8/c1-7-9-15-31(45)40(6)27(5)34(28-13-11-10-12-14-28)50-38(48)32-30-16-17-39(51-30)33(32)36(46)43(29(25-44)26(3)4)35(39)37(47)42(18-8-2)20-19-41-21-23-49-24-22-41/h7-8,10-14,26-27,29-30,32-35,44H,1-2,9,15-25H2,3-6H3/t27-,29+,30-,32+,33+,34+,35-,39+/m1/s1. The summed E-state index contributed by atoms with van der Waals surface area (Å²) < 4.78 is 18.5. The summed E-state index contributed by atoms with van der Waals surface area (Å²) in [5, 5.41) is 10.6. The van der Waals surface area contributed by atoms with Gasteiger partial charge in [0.25, 0.3) is 0 Å². The number of nitrogens with zero attached hydrogens (tertiary/aromatic N) is 4. The lowest BCUT2D eigenvalue weighted by Crippen LogP contribution is -2.60. The molecule has 4 heterocycles. The van der Waals surface area contributed by atoms with Crippen LogP contribution in [0.5, 0.6) is 0 Å². The van der Waals surface area contributed by atoms with Crippen LogP contribution in [0, 0.1) is 17.8 Å². The van der Waals surface area contributed by atoms with Crippen molar-refractivity contribution >= 4 is 23.7 Å². The van der Waals surface area contributed by atoms with E-state index in [1.165, 1.54) is 4.90 Å². The van der Waals surface area contributed by atoms with E-state index in [2.05, 4.69) is 18.1 Å². The van der Waals surface area contributed by atoms with Gasteiger partial charge in [-0.15, -0.1) is 13.2 Å². The van der Waals surface area contributed by atoms with Crippen LogP contribution >= 0.6 is 0 Å². The maximum atomic E-state index is 14.8. The fraction of sp³-hybridized carbons (Fsp3) is 0.641. The van der Waals surface area contributed by atoms with Crippen molar-refractivity contribution in [2.45, 2.75) is 82.4 Å². The molecule has 4 aliphatic heterocycles. The predicted octanol–water partition coefficient (Wildman–Crippen LogP) is 2.82. The number of likely N-dealkylation sites (tertiary alicyclic amines) is 1. The van der Waals surface area contributed by atoms with E-state index in [-0.39, 0.29) is 43.2 Å². The van der Waals surface area contributed by atoms with E-state index < -0.39 is 53.7 Å². The van der Waals surface area contributed by atoms with E-state index in [4.69, 9.17) is 14.2 Å². The number of aliphatic hydroxyl groups excluding tert-OH is 1. The number of morpholine rings is 1. The number of hydrogen-bond donors (Lipinski definition) is 1. The largest absolute Gasteiger partial charge is 0.455 e. The van der Waals surface area contributed by atoms with Crippen molar-refractivity contribution in [1.82, 2.24) is 19.6 Å². The van der Waals surface area contributed by atoms with Crippen molar-refractivity contribution < 1.29 is 38.5 Å². The number of carbonyl (C=O) groups is 4. The molecule has 5 rings (SSSR count). The summed E-state index contributed by atoms with van der Waals surface area (Å²) in [5.41, 5.74) is -0.539. The molecule has 8 atom stereocenters. The number of rotatable bonds is 17. The number of benzene rings is 1. The highest BCUT2D eigenvalue weighted by atomic mass is 16.6. The molecule has 0 aliphatic carbocycles. The van der Waals surface area contributed by atoms with E-state index in [1.807, 2.05) is 51.1 Å². The monoisotopic (exact) mass is 708 g/mol. The van der Waals surface area contributed by atoms with Gasteiger partial charge in [-0.3, -0.25) is 24.1 Å². The molecule has 0 aromatic heterocycles. The zero-order chi connectivity index (χ0) is 36.9. The molecule has 0 radical (unpaired) electrons. The van der Waals surface area contributed by atoms with Crippen molar-refractivity contribution in [1.29, 1.82) is 0 Å². The first-order valence-electron chi connectivity index (χ1n) is 18.4. The Kier molecular flexibility index (Phi) is 12.8. The maximum Gasteiger partial charge on any atom is 0.313 e. The number of aliphatic hydroxyl groups is 1. The first-order chi connectivity index (χ1) is 24.5. The highest BCUT2D eigenvalue weighted by Crippen LogP contribution is 2.59. The van der Waals surface area contributed by atoms with E-state index >= 15 is 0 Å². The summed E-state index contributed by atoms with van der Waals surface area (Å²) >= 11 is 0. The molecule has 280 valence electrons. The van der Waals surface area contributed by atoms with Crippen molar-refractivity contribution in [3.05, 3.63) is 61.2 Å². The number of ether oxygens (including phenoxy) is 3. The van der Waals surface area contributed by atoms with Gasteiger partial charge in [-0.05, 0) is 37.7 Å². The van der Waals surface area contributed by atoms with Crippen molar-refractivity contribution in [3.63, 3.8) is 0 Å². The maximum absolute atomic E-state index is 14.8. The van der Waals surface area contributed by atoms with Gasteiger partial charge in [0.05, 0.1) is 49.8 Å². The molecule has 4 aliphatic rings. The molecule has 12 nitrogen and oxygen atoms in total. The first kappa shape index (κ1) is 38.6. The van der Waals surface area contributed by atoms with Crippen molar-refractivity contribution in [2.75, 3.05) is 59.6 Å². The number of esters is 1. The van der Waals surface area contributed by atoms with Gasteiger partial charge in [0.15, 0.2) is 0 Å². The van der Waals surface area contributed by atoms with Gasteiger partial charge in [0, 0.05) is 46.2 Å². The minimum Gasteiger partial charge on any atom is -0.455 e. The lowest BCUT2D eigenvalue weighted by molar-refractivity contribution is -0.165. The summed E-state index contributed by atoms with van der Waals surface area (Å²) in [6.07, 6.45) is 3.64. The number of allylic oxidation sites excluding steroid dienone is 1. The molecule has 0 unspecified atom stereocenters. The number of carbonyl (C=O) groups excluding carboxylic acids is 4. The normalized spacial score (nSPS) is 27.5. The minimum absolute atomic E-state index is 0.106. The Morgan fingerprint density at radius 2 is 1.82 bits per heavy atom. The Labute approximate surface area is 302 Å². The van der Waals surface area contributed by atoms with Crippen LogP contribution in [-0.2, 0) is 33.4 Å². The van der Waals surface area contributed by atoms with E-state index in [9.17, 15) is 24.3 Å². The molecule has 1 aromatic rings. The second-order valence-electron chi connectivity index (χ2n) is 14.7. The molecular weight excluding hydrogens is 652 g/mol. The molecule has 12 heteroatoms. The third-order valence-corrected chi connectivity index (χ3v) is 11.4. The molecule has 0 saturated carbocycles. The predicted molar refractivity (Wildman–Crippen MR) is 191 cm³/mol. The number of fused-ring (bicyclic) bond motifs is 1. The summed E-state index contributed by atoms with van der Waals surface area (Å²) in [7, 11) is 1.69. The Morgan fingerprint density at radius 1 is 1.12 bits per heavy atom. The van der Waals surface area contributed by atoms with Crippen LogP contribution in [-0.4, -0.2) is 138 Å². The third kappa shape index (κ3) is 7.65. The number of likely N-dealkylation sites (N-methyl/N-ethyl adjacent to an activating group) is 1. The Bertz CT molecular complexity index is 1420. The fourth-order valence-corrected chi connectivity index (χ4v) is 8.45. The number of hydrogen-bond acceptors (Lipinski definition) is 9. The van der Waals surface area contributed by atoms with Crippen molar-refractivity contribution in [3.8, 4) is 0 Å². The third-order valence-electron chi connectivity index (χ3n) is 11.4. The molecule has 4 saturated heterocycles. The number of amides is 3. The zero-order valence-electron chi connectivity index (χ0n) is 30.7. The zero-order valence-corrected chi connectivity index (χ0v) is 30.7. The topological polar surface area (TPSA) is 129 Å². The molecule has 1 N–H and O–H groups in total. The van der Waals surface area contributed by atoms with E-state index in [0.29, 0.717) is 51.1 Å². The van der Waals surface area contributed by atoms with Gasteiger partial charge >= 0.3 is 5.97 Å². The van der Waals surface area contributed by atoms with Crippen LogP contribution in [0.1, 0.15) is 58.1 Å². The second-order valence-corrected chi connectivity index (χ2v) is 14.7. The van der Waals surface area contributed by atoms with Gasteiger partial charge in [0.2, 0.25) is 17.7 Å². The molecule has 2 bridgehead atoms. The highest BCUT2D eigenvalue weighted by molar-refractivity contribution is 5.98. The minimum atomic E-state index is -1.26. The van der Waals surface area contributed by atoms with E-state index in [1.54, 1.807) is 29.0 Å². The van der Waals surface area contributed by atoms with Crippen molar-refractivity contribution in [2.24, 2.45) is 17.8 Å². The molecule has 1 spiro atoms. The molecule has 1 aromatic carbocycles. The quantitative estimate of drug-likeness (QED) is 0.192. The summed E-state index contributed by atoms with van der Waals surface area (Å²) in [6.45, 7) is 17.1. The van der Waals surface area contributed by atoms with Crippen LogP contribution < -0.4 is 0 Å². The summed E-state index contributed by atoms with van der Waals surface area (Å²) in [6, 6.07) is 7.06. The molecule has 3 amide bonds. The molecule has 51 heavy (non-hydrogen) atoms. The van der Waals surface area contributed by atoms with Gasteiger partial charge in [-0.25, -0.2) is 0 Å². The van der Waals surface area contributed by atoms with Gasteiger partial charge < -0.3 is 34.0 Å². The second kappa shape index (κ2) is 16.8. The van der Waals surface area contributed by atoms with Gasteiger partial charge in [-0.2, -0.15) is 0 Å². The van der Waals surface area contributed by atoms with Gasteiger partial charge in [0.1, 0.15) is 17.7 Å². The van der Waals surface area contributed by atoms with Crippen LogP contribution in [0.15, 0.2) is 55.6 Å². The van der Waals surface area contributed by atoms with Crippen LogP contribution in [0.4, 0.5) is 0 Å². The molecule has 4 fully saturated rings. The average molecular weight is 709 g/mol. The smallest absolute Gasteiger partial charge is 0.313 e. The Hall–Kier alpha value is -3.58. The lowest BCUT2D eigenvalue weighted by Gasteiger charge is -2.40. The van der Waals surface area contributed by atoms with Crippen LogP contribution in [0.2, 0.25) is 0 Å². The average Bonchev–Trinajstić information content (AvgIpc) is 3.78. The van der Waals surface area contributed by atoms with E-state index in [0.717, 1.165) is 13.1 Å². The summed E-state index contributed by atoms with van der Waals surface area (Å²) in [5.74, 6) is -3.45. The Balaban J connectivity index is 1.46. The lowest BCUT2D eigenvalue weighted by atomic mass is 9.70.